The fourth-order valence-corrected chi connectivity index (χ4v) is 0.270. The SMILES string of the molecule is O=C(O)C(O)C(O)C(=O)O.[Fe].[H-].[K+]. The third-order valence-electron chi connectivity index (χ3n) is 0.805. The van der Waals surface area contributed by atoms with Gasteiger partial charge in [0.05, 0.1) is 0 Å². The third kappa shape index (κ3) is 6.52. The van der Waals surface area contributed by atoms with Crippen molar-refractivity contribution in [2.45, 2.75) is 12.2 Å². The second-order valence-electron chi connectivity index (χ2n) is 1.57. The molecule has 0 aliphatic carbocycles. The number of rotatable bonds is 3. The molecule has 4 N–H and O–H groups in total. The van der Waals surface area contributed by atoms with Crippen molar-refractivity contribution in [3.63, 3.8) is 0 Å². The second-order valence-corrected chi connectivity index (χ2v) is 1.57. The van der Waals surface area contributed by atoms with Crippen molar-refractivity contribution < 1.29 is 99.9 Å². The van der Waals surface area contributed by atoms with Crippen LogP contribution in [0.15, 0.2) is 0 Å². The molecule has 8 heteroatoms. The molecule has 0 rings (SSSR count). The van der Waals surface area contributed by atoms with Crippen LogP contribution < -0.4 is 51.4 Å². The molecule has 0 aliphatic heterocycles. The van der Waals surface area contributed by atoms with Crippen LogP contribution >= 0.6 is 0 Å². The molecule has 0 aromatic heterocycles. The fourth-order valence-electron chi connectivity index (χ4n) is 0.270. The zero-order valence-corrected chi connectivity index (χ0v) is 10.3. The summed E-state index contributed by atoms with van der Waals surface area (Å²) in [6.45, 7) is 0. The largest absolute Gasteiger partial charge is 1.00 e. The molecule has 0 saturated carbocycles. The summed E-state index contributed by atoms with van der Waals surface area (Å²) in [5.41, 5.74) is 0. The monoisotopic (exact) mass is 246 g/mol. The van der Waals surface area contributed by atoms with Gasteiger partial charge in [0.1, 0.15) is 0 Å². The second kappa shape index (κ2) is 8.61. The summed E-state index contributed by atoms with van der Waals surface area (Å²) < 4.78 is 0. The van der Waals surface area contributed by atoms with Gasteiger partial charge in [-0.25, -0.2) is 9.59 Å². The van der Waals surface area contributed by atoms with Gasteiger partial charge in [-0.1, -0.05) is 0 Å². The average molecular weight is 246 g/mol. The predicted octanol–water partition coefficient (Wildman–Crippen LogP) is -5.01. The van der Waals surface area contributed by atoms with Gasteiger partial charge in [0.25, 0.3) is 0 Å². The van der Waals surface area contributed by atoms with Crippen LogP contribution in [0.5, 0.6) is 0 Å². The first kappa shape index (κ1) is 18.7. The van der Waals surface area contributed by atoms with Gasteiger partial charge in [-0.15, -0.1) is 0 Å². The van der Waals surface area contributed by atoms with Crippen LogP contribution in [0.1, 0.15) is 1.43 Å². The summed E-state index contributed by atoms with van der Waals surface area (Å²) in [6.07, 6.45) is -4.53. The topological polar surface area (TPSA) is 115 Å². The van der Waals surface area contributed by atoms with E-state index >= 15 is 0 Å². The molecular weight excluding hydrogens is 239 g/mol. The molecule has 0 bridgehead atoms. The summed E-state index contributed by atoms with van der Waals surface area (Å²) in [5.74, 6) is -3.54. The van der Waals surface area contributed by atoms with Crippen molar-refractivity contribution in [3.8, 4) is 0 Å². The summed E-state index contributed by atoms with van der Waals surface area (Å²) in [4.78, 5) is 19.5. The Balaban J connectivity index is -0.000000135. The molecule has 0 heterocycles. The molecule has 0 radical (unpaired) electrons. The normalized spacial score (nSPS) is 13.2. The third-order valence-corrected chi connectivity index (χ3v) is 0.805. The maximum atomic E-state index is 9.77. The minimum atomic E-state index is -2.27. The van der Waals surface area contributed by atoms with Gasteiger partial charge in [-0.3, -0.25) is 0 Å². The van der Waals surface area contributed by atoms with E-state index in [1.54, 1.807) is 0 Å². The van der Waals surface area contributed by atoms with Gasteiger partial charge in [0, 0.05) is 17.1 Å². The first-order valence-corrected chi connectivity index (χ1v) is 2.28. The minimum absolute atomic E-state index is 0. The molecule has 0 fully saturated rings. The quantitative estimate of drug-likeness (QED) is 0.371. The van der Waals surface area contributed by atoms with Gasteiger partial charge >= 0.3 is 63.3 Å². The van der Waals surface area contributed by atoms with Gasteiger partial charge in [0.15, 0.2) is 12.2 Å². The molecule has 2 unspecified atom stereocenters. The number of carbonyl (C=O) groups is 2. The molecule has 0 amide bonds. The molecule has 0 aliphatic rings. The maximum absolute atomic E-state index is 9.77. The Morgan fingerprint density at radius 2 is 1.17 bits per heavy atom. The Kier molecular flexibility index (Phi) is 13.4. The van der Waals surface area contributed by atoms with Crippen molar-refractivity contribution in [2.24, 2.45) is 0 Å². The van der Waals surface area contributed by atoms with E-state index in [0.717, 1.165) is 0 Å². The fraction of sp³-hybridized carbons (Fsp3) is 0.500. The van der Waals surface area contributed by atoms with Crippen molar-refractivity contribution in [2.75, 3.05) is 0 Å². The molecule has 0 aromatic rings. The van der Waals surface area contributed by atoms with E-state index in [2.05, 4.69) is 0 Å². The van der Waals surface area contributed by atoms with Crippen molar-refractivity contribution >= 4 is 11.9 Å². The molecule has 2 atom stereocenters. The number of carboxylic acids is 2. The maximum Gasteiger partial charge on any atom is 1.00 e. The number of aliphatic carboxylic acids is 2. The predicted molar refractivity (Wildman–Crippen MR) is 28.4 cm³/mol. The van der Waals surface area contributed by atoms with Crippen molar-refractivity contribution in [1.29, 1.82) is 0 Å². The Hall–Kier alpha value is 1.02. The van der Waals surface area contributed by atoms with E-state index in [4.69, 9.17) is 20.4 Å². The number of aliphatic hydroxyl groups excluding tert-OH is 2. The van der Waals surface area contributed by atoms with Crippen LogP contribution in [0, 0.1) is 0 Å². The van der Waals surface area contributed by atoms with E-state index < -0.39 is 24.1 Å². The van der Waals surface area contributed by atoms with Crippen LogP contribution in [0.4, 0.5) is 0 Å². The van der Waals surface area contributed by atoms with E-state index in [0.29, 0.717) is 0 Å². The Morgan fingerprint density at radius 1 is 1.00 bits per heavy atom. The zero-order chi connectivity index (χ0) is 8.31. The van der Waals surface area contributed by atoms with Crippen LogP contribution in [-0.2, 0) is 26.7 Å². The smallest absolute Gasteiger partial charge is 1.00 e. The molecule has 6 nitrogen and oxygen atoms in total. The number of hydrogen-bond donors (Lipinski definition) is 4. The molecule has 0 saturated heterocycles. The first-order chi connectivity index (χ1) is 4.46. The summed E-state index contributed by atoms with van der Waals surface area (Å²) in [6, 6.07) is 0. The molecule has 0 aromatic carbocycles. The first-order valence-electron chi connectivity index (χ1n) is 2.28. The Bertz CT molecular complexity index is 149. The van der Waals surface area contributed by atoms with Gasteiger partial charge < -0.3 is 21.9 Å². The van der Waals surface area contributed by atoms with E-state index in [-0.39, 0.29) is 69.9 Å². The van der Waals surface area contributed by atoms with E-state index in [1.165, 1.54) is 0 Å². The number of hydrogen-bond acceptors (Lipinski definition) is 4. The Labute approximate surface area is 122 Å². The molecule has 12 heavy (non-hydrogen) atoms. The molecular formula is C4H7FeKO6. The standard InChI is InChI=1S/C4H6O6.Fe.K.H/c5-1(3(7)8)2(6)4(9)10;;;/h1-2,5-6H,(H,7,8)(H,9,10);;;/q;;+1;-1. The van der Waals surface area contributed by atoms with Crippen LogP contribution in [0.3, 0.4) is 0 Å². The number of aliphatic hydroxyl groups is 2. The van der Waals surface area contributed by atoms with Crippen LogP contribution in [-0.4, -0.2) is 44.6 Å². The van der Waals surface area contributed by atoms with Gasteiger partial charge in [0.2, 0.25) is 0 Å². The Morgan fingerprint density at radius 3 is 1.25 bits per heavy atom. The van der Waals surface area contributed by atoms with E-state index in [1.807, 2.05) is 0 Å². The molecule has 68 valence electrons. The summed E-state index contributed by atoms with van der Waals surface area (Å²) >= 11 is 0. The molecule has 0 spiro atoms. The van der Waals surface area contributed by atoms with Crippen LogP contribution in [0.2, 0.25) is 0 Å². The minimum Gasteiger partial charge on any atom is -1.00 e. The number of carboxylic acid groups (broad SMARTS) is 2. The summed E-state index contributed by atoms with van der Waals surface area (Å²) in [5, 5.41) is 32.5. The van der Waals surface area contributed by atoms with Gasteiger partial charge in [-0.2, -0.15) is 0 Å². The average Bonchev–Trinajstić information content (AvgIpc) is 1.84. The van der Waals surface area contributed by atoms with Crippen LogP contribution in [0.25, 0.3) is 0 Å². The summed E-state index contributed by atoms with van der Waals surface area (Å²) in [7, 11) is 0. The van der Waals surface area contributed by atoms with Crippen molar-refractivity contribution in [3.05, 3.63) is 0 Å². The van der Waals surface area contributed by atoms with Gasteiger partial charge in [-0.05, 0) is 0 Å². The van der Waals surface area contributed by atoms with Crippen molar-refractivity contribution in [1.82, 2.24) is 0 Å². The van der Waals surface area contributed by atoms with E-state index in [9.17, 15) is 9.59 Å². The zero-order valence-electron chi connectivity index (χ0n) is 7.11.